The largest absolute Gasteiger partial charge is 0.455 e. The standard InChI is InChI=1S/C52H32N2OS/c1-2-13-38-33(12-1)26-30-43-51-37(17-11-22-48(51)55-52(38)43)34-24-27-35(28-25-34)53(36-29-31-42-41-16-5-10-23-49(41)56-50(42)32-36)46-20-8-9-21-47(46)54-44-18-6-3-14-39(44)40-15-4-7-19-45(40)54/h1-32H. The third kappa shape index (κ3) is 4.63. The van der Waals surface area contributed by atoms with Gasteiger partial charge in [-0.15, -0.1) is 11.3 Å². The number of nitrogens with zero attached hydrogens (tertiary/aromatic N) is 2. The van der Waals surface area contributed by atoms with Gasteiger partial charge in [-0.2, -0.15) is 0 Å². The first-order chi connectivity index (χ1) is 27.8. The molecule has 0 saturated heterocycles. The Morgan fingerprint density at radius 3 is 1.91 bits per heavy atom. The second-order valence-corrected chi connectivity index (χ2v) is 15.5. The van der Waals surface area contributed by atoms with Gasteiger partial charge in [0.15, 0.2) is 0 Å². The second-order valence-electron chi connectivity index (χ2n) is 14.5. The Morgan fingerprint density at radius 2 is 1.09 bits per heavy atom. The predicted molar refractivity (Wildman–Crippen MR) is 239 cm³/mol. The van der Waals surface area contributed by atoms with E-state index in [-0.39, 0.29) is 0 Å². The van der Waals surface area contributed by atoms with Crippen molar-refractivity contribution in [2.24, 2.45) is 0 Å². The molecule has 0 radical (unpaired) electrons. The van der Waals surface area contributed by atoms with E-state index in [4.69, 9.17) is 4.42 Å². The van der Waals surface area contributed by atoms with Crippen molar-refractivity contribution < 1.29 is 4.42 Å². The fourth-order valence-electron chi connectivity index (χ4n) is 8.89. The van der Waals surface area contributed by atoms with Gasteiger partial charge >= 0.3 is 0 Å². The maximum atomic E-state index is 6.56. The van der Waals surface area contributed by atoms with E-state index in [0.717, 1.165) is 61.2 Å². The molecule has 0 fully saturated rings. The first kappa shape index (κ1) is 31.2. The number of rotatable bonds is 5. The van der Waals surface area contributed by atoms with Crippen LogP contribution in [0.15, 0.2) is 199 Å². The predicted octanol–water partition coefficient (Wildman–Crippen LogP) is 15.3. The molecule has 4 heteroatoms. The molecule has 12 rings (SSSR count). The smallest absolute Gasteiger partial charge is 0.143 e. The van der Waals surface area contributed by atoms with Crippen LogP contribution in [-0.2, 0) is 0 Å². The highest BCUT2D eigenvalue weighted by molar-refractivity contribution is 7.25. The van der Waals surface area contributed by atoms with Crippen LogP contribution >= 0.6 is 11.3 Å². The molecule has 0 spiro atoms. The van der Waals surface area contributed by atoms with E-state index in [0.29, 0.717) is 0 Å². The minimum absolute atomic E-state index is 0.899. The zero-order chi connectivity index (χ0) is 36.7. The average Bonchev–Trinajstić information content (AvgIpc) is 3.94. The molecule has 3 heterocycles. The first-order valence-corrected chi connectivity index (χ1v) is 19.8. The molecule has 0 aliphatic carbocycles. The fourth-order valence-corrected chi connectivity index (χ4v) is 10.0. The molecule has 0 bridgehead atoms. The Labute approximate surface area is 326 Å². The van der Waals surface area contributed by atoms with Gasteiger partial charge in [0.25, 0.3) is 0 Å². The molecule has 0 aliphatic rings. The first-order valence-electron chi connectivity index (χ1n) is 19.0. The maximum Gasteiger partial charge on any atom is 0.143 e. The van der Waals surface area contributed by atoms with Crippen molar-refractivity contribution in [1.82, 2.24) is 4.57 Å². The molecule has 0 unspecified atom stereocenters. The van der Waals surface area contributed by atoms with Gasteiger partial charge in [-0.25, -0.2) is 0 Å². The van der Waals surface area contributed by atoms with Gasteiger partial charge in [-0.1, -0.05) is 127 Å². The van der Waals surface area contributed by atoms with Crippen molar-refractivity contribution >= 4 is 103 Å². The monoisotopic (exact) mass is 732 g/mol. The Hall–Kier alpha value is -7.14. The lowest BCUT2D eigenvalue weighted by Gasteiger charge is -2.28. The molecule has 0 aliphatic heterocycles. The third-order valence-electron chi connectivity index (χ3n) is 11.4. The fraction of sp³-hybridized carbons (Fsp3) is 0. The van der Waals surface area contributed by atoms with E-state index >= 15 is 0 Å². The summed E-state index contributed by atoms with van der Waals surface area (Å²) in [7, 11) is 0. The van der Waals surface area contributed by atoms with Crippen LogP contribution < -0.4 is 4.90 Å². The highest BCUT2D eigenvalue weighted by Gasteiger charge is 2.22. The number of furan rings is 1. The number of thiophene rings is 1. The second kappa shape index (κ2) is 12.2. The summed E-state index contributed by atoms with van der Waals surface area (Å²) in [5.41, 5.74) is 10.9. The zero-order valence-corrected chi connectivity index (χ0v) is 31.0. The summed E-state index contributed by atoms with van der Waals surface area (Å²) >= 11 is 1.85. The summed E-state index contributed by atoms with van der Waals surface area (Å²) in [4.78, 5) is 2.42. The van der Waals surface area contributed by atoms with E-state index in [2.05, 4.69) is 204 Å². The normalized spacial score (nSPS) is 11.9. The van der Waals surface area contributed by atoms with Crippen LogP contribution in [0.2, 0.25) is 0 Å². The highest BCUT2D eigenvalue weighted by atomic mass is 32.1. The lowest BCUT2D eigenvalue weighted by Crippen LogP contribution is -2.13. The van der Waals surface area contributed by atoms with Crippen LogP contribution in [0.5, 0.6) is 0 Å². The van der Waals surface area contributed by atoms with Crippen LogP contribution in [0, 0.1) is 0 Å². The molecular formula is C52H32N2OS. The molecule has 0 atom stereocenters. The summed E-state index contributed by atoms with van der Waals surface area (Å²) in [5, 5.41) is 9.67. The van der Waals surface area contributed by atoms with Crippen molar-refractivity contribution in [1.29, 1.82) is 0 Å². The van der Waals surface area contributed by atoms with Gasteiger partial charge in [0, 0.05) is 58.5 Å². The topological polar surface area (TPSA) is 21.3 Å². The number of benzene rings is 9. The van der Waals surface area contributed by atoms with Crippen LogP contribution in [0.3, 0.4) is 0 Å². The molecule has 9 aromatic carbocycles. The van der Waals surface area contributed by atoms with Gasteiger partial charge in [0.2, 0.25) is 0 Å². The Kier molecular flexibility index (Phi) is 6.80. The maximum absolute atomic E-state index is 6.56. The Bertz CT molecular complexity index is 3440. The summed E-state index contributed by atoms with van der Waals surface area (Å²) in [6.07, 6.45) is 0. The number of fused-ring (bicyclic) bond motifs is 11. The van der Waals surface area contributed by atoms with Crippen molar-refractivity contribution in [3.63, 3.8) is 0 Å². The van der Waals surface area contributed by atoms with Crippen LogP contribution in [0.4, 0.5) is 17.1 Å². The van der Waals surface area contributed by atoms with Gasteiger partial charge in [-0.3, -0.25) is 0 Å². The molecule has 0 saturated carbocycles. The summed E-state index contributed by atoms with van der Waals surface area (Å²) < 4.78 is 11.6. The van der Waals surface area contributed by atoms with Crippen LogP contribution in [0.25, 0.3) is 91.5 Å². The number of hydrogen-bond acceptors (Lipinski definition) is 3. The van der Waals surface area contributed by atoms with E-state index in [1.165, 1.54) is 47.4 Å². The van der Waals surface area contributed by atoms with E-state index in [1.807, 2.05) is 11.3 Å². The molecular weight excluding hydrogens is 701 g/mol. The third-order valence-corrected chi connectivity index (χ3v) is 12.5. The molecule has 12 aromatic rings. The Balaban J connectivity index is 1.07. The lowest BCUT2D eigenvalue weighted by atomic mass is 9.98. The van der Waals surface area contributed by atoms with Gasteiger partial charge in [-0.05, 0) is 83.2 Å². The zero-order valence-electron chi connectivity index (χ0n) is 30.2. The van der Waals surface area contributed by atoms with Crippen molar-refractivity contribution in [3.8, 4) is 16.8 Å². The van der Waals surface area contributed by atoms with E-state index in [1.54, 1.807) is 0 Å². The van der Waals surface area contributed by atoms with E-state index < -0.39 is 0 Å². The van der Waals surface area contributed by atoms with Gasteiger partial charge in [0.1, 0.15) is 11.2 Å². The van der Waals surface area contributed by atoms with Crippen LogP contribution in [0.1, 0.15) is 0 Å². The SMILES string of the molecule is c1ccc(-n2c3ccccc3c3ccccc32)c(N(c2ccc(-c3cccc4oc5c6ccccc6ccc5c34)cc2)c2ccc3c(c2)sc2ccccc23)c1. The molecule has 56 heavy (non-hydrogen) atoms. The molecule has 3 aromatic heterocycles. The minimum atomic E-state index is 0.899. The number of para-hydroxylation sites is 4. The Morgan fingerprint density at radius 1 is 0.446 bits per heavy atom. The molecule has 262 valence electrons. The number of anilines is 3. The quantitative estimate of drug-likeness (QED) is 0.176. The van der Waals surface area contributed by atoms with Crippen molar-refractivity contribution in [3.05, 3.63) is 194 Å². The van der Waals surface area contributed by atoms with E-state index in [9.17, 15) is 0 Å². The minimum Gasteiger partial charge on any atom is -0.455 e. The molecule has 3 nitrogen and oxygen atoms in total. The van der Waals surface area contributed by atoms with Crippen LogP contribution in [-0.4, -0.2) is 4.57 Å². The summed E-state index contributed by atoms with van der Waals surface area (Å²) in [6, 6.07) is 70.2. The van der Waals surface area contributed by atoms with Crippen molar-refractivity contribution in [2.75, 3.05) is 4.90 Å². The molecule has 0 N–H and O–H groups in total. The summed E-state index contributed by atoms with van der Waals surface area (Å²) in [6.45, 7) is 0. The average molecular weight is 733 g/mol. The lowest BCUT2D eigenvalue weighted by molar-refractivity contribution is 0.673. The summed E-state index contributed by atoms with van der Waals surface area (Å²) in [5.74, 6) is 0. The number of hydrogen-bond donors (Lipinski definition) is 0. The van der Waals surface area contributed by atoms with Gasteiger partial charge < -0.3 is 13.9 Å². The highest BCUT2D eigenvalue weighted by Crippen LogP contribution is 2.45. The number of aromatic nitrogens is 1. The van der Waals surface area contributed by atoms with Crippen molar-refractivity contribution in [2.45, 2.75) is 0 Å². The molecule has 0 amide bonds. The van der Waals surface area contributed by atoms with Gasteiger partial charge in [0.05, 0.1) is 22.4 Å².